The molecule has 0 aliphatic heterocycles. The van der Waals surface area contributed by atoms with E-state index in [9.17, 15) is 5.11 Å². The second-order valence-electron chi connectivity index (χ2n) is 3.08. The summed E-state index contributed by atoms with van der Waals surface area (Å²) >= 11 is 5.91. The minimum absolute atomic E-state index is 0.397. The number of rotatable bonds is 3. The van der Waals surface area contributed by atoms with Crippen molar-refractivity contribution in [2.24, 2.45) is 0 Å². The first-order chi connectivity index (χ1) is 7.27. The van der Waals surface area contributed by atoms with E-state index in [1.165, 1.54) is 6.20 Å². The summed E-state index contributed by atoms with van der Waals surface area (Å²) in [5.74, 6) is 0. The van der Waals surface area contributed by atoms with Gasteiger partial charge < -0.3 is 5.11 Å². The molecule has 6 heteroatoms. The zero-order valence-corrected chi connectivity index (χ0v) is 8.52. The monoisotopic (exact) mass is 224 g/mol. The maximum absolute atomic E-state index is 9.79. The smallest absolute Gasteiger partial charge is 0.111 e. The van der Waals surface area contributed by atoms with Crippen molar-refractivity contribution in [1.29, 1.82) is 0 Å². The number of nitrogens with zero attached hydrogens (tertiary/aromatic N) is 3. The molecule has 2 aromatic rings. The molecule has 2 aromatic heterocycles. The number of aliphatic hydroxyl groups is 1. The Hall–Kier alpha value is -1.46. The predicted molar refractivity (Wildman–Crippen MR) is 54.3 cm³/mol. The van der Waals surface area contributed by atoms with Gasteiger partial charge in [0.25, 0.3) is 0 Å². The van der Waals surface area contributed by atoms with Gasteiger partial charge in [0.15, 0.2) is 0 Å². The Morgan fingerprint density at radius 1 is 1.47 bits per heavy atom. The Bertz CT molecular complexity index is 431. The molecule has 0 radical (unpaired) electrons. The molecule has 0 aliphatic rings. The van der Waals surface area contributed by atoms with Crippen LogP contribution in [0, 0.1) is 0 Å². The molecule has 0 saturated carbocycles. The molecule has 0 aromatic carbocycles. The number of halogens is 1. The van der Waals surface area contributed by atoms with Crippen LogP contribution in [0.3, 0.4) is 0 Å². The Kier molecular flexibility index (Phi) is 2.94. The summed E-state index contributed by atoms with van der Waals surface area (Å²) in [6.45, 7) is 0. The third-order valence-corrected chi connectivity index (χ3v) is 2.39. The zero-order valence-electron chi connectivity index (χ0n) is 7.76. The third kappa shape index (κ3) is 2.31. The average Bonchev–Trinajstić information content (AvgIpc) is 2.74. The summed E-state index contributed by atoms with van der Waals surface area (Å²) in [7, 11) is 0. The topological polar surface area (TPSA) is 74.7 Å². The Labute approximate surface area is 91.1 Å². The molecule has 0 saturated heterocycles. The Morgan fingerprint density at radius 2 is 2.33 bits per heavy atom. The maximum atomic E-state index is 9.79. The van der Waals surface area contributed by atoms with Crippen molar-refractivity contribution in [3.05, 3.63) is 40.9 Å². The van der Waals surface area contributed by atoms with E-state index in [2.05, 4.69) is 20.4 Å². The van der Waals surface area contributed by atoms with E-state index in [1.54, 1.807) is 18.5 Å². The van der Waals surface area contributed by atoms with Gasteiger partial charge >= 0.3 is 0 Å². The molecule has 2 rings (SSSR count). The van der Waals surface area contributed by atoms with Crippen molar-refractivity contribution in [1.82, 2.24) is 20.4 Å². The van der Waals surface area contributed by atoms with Crippen molar-refractivity contribution in [2.45, 2.75) is 12.5 Å². The van der Waals surface area contributed by atoms with E-state index in [4.69, 9.17) is 11.6 Å². The number of pyridine rings is 1. The molecule has 0 bridgehead atoms. The summed E-state index contributed by atoms with van der Waals surface area (Å²) in [6.07, 6.45) is 4.36. The molecule has 78 valence electrons. The molecule has 1 unspecified atom stereocenters. The normalized spacial score (nSPS) is 12.7. The Balaban J connectivity index is 2.13. The molecular formula is C9H9ClN4O. The van der Waals surface area contributed by atoms with Gasteiger partial charge in [0, 0.05) is 18.8 Å². The number of hydrogen-bond acceptors (Lipinski definition) is 4. The van der Waals surface area contributed by atoms with E-state index in [-0.39, 0.29) is 0 Å². The largest absolute Gasteiger partial charge is 0.386 e. The fourth-order valence-electron chi connectivity index (χ4n) is 1.25. The maximum Gasteiger partial charge on any atom is 0.111 e. The van der Waals surface area contributed by atoms with E-state index < -0.39 is 6.10 Å². The lowest BCUT2D eigenvalue weighted by Gasteiger charge is -2.07. The van der Waals surface area contributed by atoms with Crippen LogP contribution in [0.5, 0.6) is 0 Å². The summed E-state index contributed by atoms with van der Waals surface area (Å²) in [5.41, 5.74) is 1.34. The van der Waals surface area contributed by atoms with Crippen molar-refractivity contribution < 1.29 is 5.11 Å². The molecule has 2 heterocycles. The molecule has 0 spiro atoms. The van der Waals surface area contributed by atoms with Gasteiger partial charge in [-0.05, 0) is 11.6 Å². The van der Waals surface area contributed by atoms with Crippen LogP contribution >= 0.6 is 11.6 Å². The van der Waals surface area contributed by atoms with Crippen LogP contribution in [0.2, 0.25) is 5.02 Å². The highest BCUT2D eigenvalue weighted by molar-refractivity contribution is 6.31. The summed E-state index contributed by atoms with van der Waals surface area (Å²) in [4.78, 5) is 3.87. The number of aliphatic hydroxyl groups excluding tert-OH is 1. The van der Waals surface area contributed by atoms with Crippen LogP contribution in [0.1, 0.15) is 17.4 Å². The highest BCUT2D eigenvalue weighted by Gasteiger charge is 2.12. The van der Waals surface area contributed by atoms with E-state index in [0.29, 0.717) is 17.1 Å². The molecule has 0 amide bonds. The molecule has 0 aliphatic carbocycles. The zero-order chi connectivity index (χ0) is 10.7. The molecule has 0 fully saturated rings. The molecule has 2 N–H and O–H groups in total. The van der Waals surface area contributed by atoms with Gasteiger partial charge in [-0.2, -0.15) is 15.4 Å². The van der Waals surface area contributed by atoms with E-state index in [0.717, 1.165) is 5.56 Å². The number of H-pyrrole nitrogens is 1. The third-order valence-electron chi connectivity index (χ3n) is 2.04. The van der Waals surface area contributed by atoms with E-state index >= 15 is 0 Å². The minimum atomic E-state index is -0.705. The molecule has 1 atom stereocenters. The number of nitrogens with one attached hydrogen (secondary N) is 1. The van der Waals surface area contributed by atoms with Crippen molar-refractivity contribution >= 4 is 11.6 Å². The van der Waals surface area contributed by atoms with Crippen LogP contribution < -0.4 is 0 Å². The summed E-state index contributed by atoms with van der Waals surface area (Å²) in [5, 5.41) is 20.2. The lowest BCUT2D eigenvalue weighted by molar-refractivity contribution is 0.173. The van der Waals surface area contributed by atoms with Gasteiger partial charge in [0.2, 0.25) is 0 Å². The standard InChI is InChI=1S/C9H9ClN4O/c10-7-4-11-2-1-6(7)3-9(15)8-5-12-14-13-8/h1-2,4-5,9,15H,3H2,(H,12,13,14). The molecule has 5 nitrogen and oxygen atoms in total. The average molecular weight is 225 g/mol. The first-order valence-corrected chi connectivity index (χ1v) is 4.77. The molecule has 15 heavy (non-hydrogen) atoms. The lowest BCUT2D eigenvalue weighted by Crippen LogP contribution is -2.03. The van der Waals surface area contributed by atoms with Crippen LogP contribution in [-0.2, 0) is 6.42 Å². The fraction of sp³-hybridized carbons (Fsp3) is 0.222. The van der Waals surface area contributed by atoms with Crippen LogP contribution in [0.4, 0.5) is 0 Å². The predicted octanol–water partition coefficient (Wildman–Crippen LogP) is 1.13. The number of hydrogen-bond donors (Lipinski definition) is 2. The van der Waals surface area contributed by atoms with Crippen LogP contribution in [0.25, 0.3) is 0 Å². The van der Waals surface area contributed by atoms with Crippen LogP contribution in [0.15, 0.2) is 24.7 Å². The van der Waals surface area contributed by atoms with Gasteiger partial charge in [-0.1, -0.05) is 11.6 Å². The SMILES string of the molecule is OC(Cc1ccncc1Cl)c1cn[nH]n1. The molecular weight excluding hydrogens is 216 g/mol. The van der Waals surface area contributed by atoms with E-state index in [1.807, 2.05) is 0 Å². The van der Waals surface area contributed by atoms with Crippen LogP contribution in [-0.4, -0.2) is 25.5 Å². The van der Waals surface area contributed by atoms with Gasteiger partial charge in [-0.3, -0.25) is 4.98 Å². The minimum Gasteiger partial charge on any atom is -0.386 e. The quantitative estimate of drug-likeness (QED) is 0.820. The van der Waals surface area contributed by atoms with Crippen molar-refractivity contribution in [3.63, 3.8) is 0 Å². The van der Waals surface area contributed by atoms with Gasteiger partial charge in [-0.25, -0.2) is 0 Å². The second kappa shape index (κ2) is 4.37. The van der Waals surface area contributed by atoms with Gasteiger partial charge in [0.1, 0.15) is 11.8 Å². The highest BCUT2D eigenvalue weighted by Crippen LogP contribution is 2.20. The summed E-state index contributed by atoms with van der Waals surface area (Å²) in [6, 6.07) is 1.77. The first kappa shape index (κ1) is 10.1. The van der Waals surface area contributed by atoms with Gasteiger partial charge in [0.05, 0.1) is 11.2 Å². The fourth-order valence-corrected chi connectivity index (χ4v) is 1.45. The number of aromatic amines is 1. The highest BCUT2D eigenvalue weighted by atomic mass is 35.5. The summed E-state index contributed by atoms with van der Waals surface area (Å²) < 4.78 is 0. The van der Waals surface area contributed by atoms with Crippen molar-refractivity contribution in [2.75, 3.05) is 0 Å². The first-order valence-electron chi connectivity index (χ1n) is 4.39. The van der Waals surface area contributed by atoms with Gasteiger partial charge in [-0.15, -0.1) is 0 Å². The van der Waals surface area contributed by atoms with Crippen molar-refractivity contribution in [3.8, 4) is 0 Å². The second-order valence-corrected chi connectivity index (χ2v) is 3.49. The lowest BCUT2D eigenvalue weighted by atomic mass is 10.1. The Morgan fingerprint density at radius 3 is 3.00 bits per heavy atom. The number of aromatic nitrogens is 4.